The van der Waals surface area contributed by atoms with E-state index in [9.17, 15) is 4.79 Å². The lowest BCUT2D eigenvalue weighted by molar-refractivity contribution is -0.143. The van der Waals surface area contributed by atoms with Gasteiger partial charge in [0.2, 0.25) is 5.96 Å². The fraction of sp³-hybridized carbons (Fsp3) is 0.357. The van der Waals surface area contributed by atoms with Gasteiger partial charge in [0.25, 0.3) is 0 Å². The zero-order valence-corrected chi connectivity index (χ0v) is 12.6. The van der Waals surface area contributed by atoms with Crippen LogP contribution in [0.1, 0.15) is 18.9 Å². The molecule has 8 heteroatoms. The average molecular weight is 308 g/mol. The molecule has 4 N–H and O–H groups in total. The molecule has 0 atom stereocenters. The summed E-state index contributed by atoms with van der Waals surface area (Å²) in [6.07, 6.45) is 1.63. The number of benzene rings is 1. The van der Waals surface area contributed by atoms with Crippen LogP contribution in [0.4, 0.5) is 0 Å². The fourth-order valence-electron chi connectivity index (χ4n) is 1.53. The van der Waals surface area contributed by atoms with Crippen LogP contribution in [0.15, 0.2) is 28.4 Å². The van der Waals surface area contributed by atoms with E-state index in [2.05, 4.69) is 10.2 Å². The van der Waals surface area contributed by atoms with Crippen molar-refractivity contribution >= 4 is 18.1 Å². The summed E-state index contributed by atoms with van der Waals surface area (Å²) in [5.74, 6) is 0.589. The van der Waals surface area contributed by atoms with E-state index in [1.807, 2.05) is 0 Å². The monoisotopic (exact) mass is 308 g/mol. The van der Waals surface area contributed by atoms with Crippen molar-refractivity contribution < 1.29 is 19.0 Å². The maximum atomic E-state index is 11.3. The van der Waals surface area contributed by atoms with Gasteiger partial charge in [-0.3, -0.25) is 4.79 Å². The van der Waals surface area contributed by atoms with Gasteiger partial charge in [-0.25, -0.2) is 0 Å². The normalized spacial score (nSPS) is 10.3. The largest absolute Gasteiger partial charge is 0.493 e. The van der Waals surface area contributed by atoms with Crippen molar-refractivity contribution in [1.82, 2.24) is 0 Å². The van der Waals surface area contributed by atoms with Crippen LogP contribution in [0.2, 0.25) is 0 Å². The molecule has 0 unspecified atom stereocenters. The summed E-state index contributed by atoms with van der Waals surface area (Å²) < 4.78 is 15.6. The molecule has 0 saturated heterocycles. The number of esters is 1. The Labute approximate surface area is 128 Å². The zero-order chi connectivity index (χ0) is 16.4. The Morgan fingerprint density at radius 1 is 1.32 bits per heavy atom. The van der Waals surface area contributed by atoms with Crippen molar-refractivity contribution in [3.05, 3.63) is 23.8 Å². The Kier molecular flexibility index (Phi) is 7.24. The summed E-state index contributed by atoms with van der Waals surface area (Å²) in [6, 6.07) is 5.19. The molecule has 22 heavy (non-hydrogen) atoms. The van der Waals surface area contributed by atoms with Crippen molar-refractivity contribution in [2.24, 2.45) is 21.7 Å². The van der Waals surface area contributed by atoms with Crippen LogP contribution >= 0.6 is 0 Å². The maximum absolute atomic E-state index is 11.3. The fourth-order valence-corrected chi connectivity index (χ4v) is 1.53. The third-order valence-electron chi connectivity index (χ3n) is 2.44. The quantitative estimate of drug-likeness (QED) is 0.314. The highest BCUT2D eigenvalue weighted by molar-refractivity contribution is 5.82. The minimum Gasteiger partial charge on any atom is -0.493 e. The van der Waals surface area contributed by atoms with E-state index in [0.29, 0.717) is 18.1 Å². The van der Waals surface area contributed by atoms with E-state index in [1.165, 1.54) is 13.3 Å². The minimum atomic E-state index is -0.313. The molecule has 120 valence electrons. The molecule has 0 fully saturated rings. The molecular formula is C14H20N4O4. The molecule has 0 radical (unpaired) electrons. The number of nitrogens with two attached hydrogens (primary N) is 2. The molecule has 1 rings (SSSR count). The molecule has 1 aromatic carbocycles. The number of hydrogen-bond donors (Lipinski definition) is 2. The van der Waals surface area contributed by atoms with E-state index < -0.39 is 0 Å². The molecule has 0 spiro atoms. The van der Waals surface area contributed by atoms with E-state index >= 15 is 0 Å². The van der Waals surface area contributed by atoms with E-state index in [0.717, 1.165) is 5.56 Å². The Balaban J connectivity index is 2.72. The molecule has 0 aliphatic rings. The molecule has 0 heterocycles. The summed E-state index contributed by atoms with van der Waals surface area (Å²) in [5, 5.41) is 7.22. The van der Waals surface area contributed by atoms with Crippen LogP contribution in [-0.4, -0.2) is 38.5 Å². The predicted molar refractivity (Wildman–Crippen MR) is 83.1 cm³/mol. The highest BCUT2D eigenvalue weighted by Gasteiger charge is 2.07. The first kappa shape index (κ1) is 17.3. The first-order valence-electron chi connectivity index (χ1n) is 6.65. The number of carbonyl (C=O) groups excluding carboxylic acids is 1. The van der Waals surface area contributed by atoms with Crippen LogP contribution in [0.25, 0.3) is 0 Å². The SMILES string of the molecule is CCOC(=O)CCOc1cc(C=NN=C(N)N)ccc1OC. The number of guanidine groups is 1. The molecule has 0 saturated carbocycles. The molecular weight excluding hydrogens is 288 g/mol. The third-order valence-corrected chi connectivity index (χ3v) is 2.44. The Hall–Kier alpha value is -2.77. The Morgan fingerprint density at radius 3 is 2.73 bits per heavy atom. The Morgan fingerprint density at radius 2 is 2.09 bits per heavy atom. The van der Waals surface area contributed by atoms with Crippen LogP contribution in [0, 0.1) is 0 Å². The summed E-state index contributed by atoms with van der Waals surface area (Å²) in [5.41, 5.74) is 11.1. The van der Waals surface area contributed by atoms with Gasteiger partial charge < -0.3 is 25.7 Å². The number of rotatable bonds is 8. The van der Waals surface area contributed by atoms with Gasteiger partial charge in [-0.15, -0.1) is 5.10 Å². The summed E-state index contributed by atoms with van der Waals surface area (Å²) in [7, 11) is 1.53. The molecule has 0 aliphatic heterocycles. The number of nitrogens with zero attached hydrogens (tertiary/aromatic N) is 2. The molecule has 0 aliphatic carbocycles. The molecule has 8 nitrogen and oxygen atoms in total. The molecule has 0 bridgehead atoms. The van der Waals surface area contributed by atoms with Gasteiger partial charge in [0.15, 0.2) is 11.5 Å². The van der Waals surface area contributed by atoms with Crippen molar-refractivity contribution in [1.29, 1.82) is 0 Å². The molecule has 0 aromatic heterocycles. The lowest BCUT2D eigenvalue weighted by Gasteiger charge is -2.11. The van der Waals surface area contributed by atoms with Crippen LogP contribution < -0.4 is 20.9 Å². The van der Waals surface area contributed by atoms with Gasteiger partial charge in [-0.05, 0) is 30.7 Å². The highest BCUT2D eigenvalue weighted by atomic mass is 16.5. The number of ether oxygens (including phenoxy) is 3. The van der Waals surface area contributed by atoms with E-state index in [1.54, 1.807) is 25.1 Å². The topological polar surface area (TPSA) is 122 Å². The van der Waals surface area contributed by atoms with Crippen LogP contribution in [0.3, 0.4) is 0 Å². The first-order valence-corrected chi connectivity index (χ1v) is 6.65. The van der Waals surface area contributed by atoms with E-state index in [4.69, 9.17) is 25.7 Å². The average Bonchev–Trinajstić information content (AvgIpc) is 2.47. The first-order chi connectivity index (χ1) is 10.6. The number of hydrogen-bond acceptors (Lipinski definition) is 6. The smallest absolute Gasteiger partial charge is 0.309 e. The third kappa shape index (κ3) is 6.12. The van der Waals surface area contributed by atoms with Gasteiger partial charge in [-0.1, -0.05) is 0 Å². The second-order valence-electron chi connectivity index (χ2n) is 4.08. The minimum absolute atomic E-state index is 0.129. The lowest BCUT2D eigenvalue weighted by Crippen LogP contribution is -2.21. The zero-order valence-electron chi connectivity index (χ0n) is 12.6. The van der Waals surface area contributed by atoms with Crippen molar-refractivity contribution in [2.45, 2.75) is 13.3 Å². The predicted octanol–water partition coefficient (Wildman–Crippen LogP) is 0.635. The maximum Gasteiger partial charge on any atom is 0.309 e. The molecule has 1 aromatic rings. The molecule has 0 amide bonds. The number of methoxy groups -OCH3 is 1. The second kappa shape index (κ2) is 9.22. The number of carbonyl (C=O) groups is 1. The van der Waals surface area contributed by atoms with Crippen LogP contribution in [-0.2, 0) is 9.53 Å². The van der Waals surface area contributed by atoms with Crippen molar-refractivity contribution in [3.8, 4) is 11.5 Å². The van der Waals surface area contributed by atoms with Gasteiger partial charge in [0, 0.05) is 0 Å². The van der Waals surface area contributed by atoms with E-state index in [-0.39, 0.29) is 25.0 Å². The summed E-state index contributed by atoms with van der Waals surface area (Å²) in [4.78, 5) is 11.3. The van der Waals surface area contributed by atoms with Crippen molar-refractivity contribution in [2.75, 3.05) is 20.3 Å². The Bertz CT molecular complexity index is 554. The van der Waals surface area contributed by atoms with Crippen molar-refractivity contribution in [3.63, 3.8) is 0 Å². The highest BCUT2D eigenvalue weighted by Crippen LogP contribution is 2.27. The van der Waals surface area contributed by atoms with Gasteiger partial charge >= 0.3 is 5.97 Å². The second-order valence-corrected chi connectivity index (χ2v) is 4.08. The van der Waals surface area contributed by atoms with Gasteiger partial charge in [0.05, 0.1) is 33.0 Å². The summed E-state index contributed by atoms with van der Waals surface area (Å²) >= 11 is 0. The standard InChI is InChI=1S/C14H20N4O4/c1-3-21-13(19)6-7-22-12-8-10(4-5-11(12)20-2)9-17-18-14(15)16/h4-5,8-9H,3,6-7H2,1-2H3,(H4,15,16,18). The van der Waals surface area contributed by atoms with Crippen LogP contribution in [0.5, 0.6) is 11.5 Å². The van der Waals surface area contributed by atoms with Gasteiger partial charge in [-0.2, -0.15) is 5.10 Å². The summed E-state index contributed by atoms with van der Waals surface area (Å²) in [6.45, 7) is 2.28. The lowest BCUT2D eigenvalue weighted by atomic mass is 10.2. The van der Waals surface area contributed by atoms with Gasteiger partial charge in [0.1, 0.15) is 0 Å².